The highest BCUT2D eigenvalue weighted by molar-refractivity contribution is 5.98. The van der Waals surface area contributed by atoms with Gasteiger partial charge in [-0.25, -0.2) is 0 Å². The van der Waals surface area contributed by atoms with Crippen LogP contribution in [0.2, 0.25) is 0 Å². The first kappa shape index (κ1) is 9.25. The number of hydrogen-bond donors (Lipinski definition) is 1. The summed E-state index contributed by atoms with van der Waals surface area (Å²) in [4.78, 5) is 0. The molecule has 0 saturated carbocycles. The van der Waals surface area contributed by atoms with Gasteiger partial charge >= 0.3 is 0 Å². The molecule has 1 aliphatic rings. The lowest BCUT2D eigenvalue weighted by Gasteiger charge is -2.16. The van der Waals surface area contributed by atoms with Gasteiger partial charge in [-0.2, -0.15) is 0 Å². The summed E-state index contributed by atoms with van der Waals surface area (Å²) in [6.07, 6.45) is 4.96. The molecule has 1 aromatic carbocycles. The molecule has 1 aliphatic carbocycles. The van der Waals surface area contributed by atoms with Gasteiger partial charge in [0.05, 0.1) is 5.71 Å². The summed E-state index contributed by atoms with van der Waals surface area (Å²) in [5.41, 5.74) is 4.62. The number of rotatable bonds is 1. The fraction of sp³-hybridized carbons (Fsp3) is 0.417. The van der Waals surface area contributed by atoms with Gasteiger partial charge in [0, 0.05) is 0 Å². The maximum atomic E-state index is 8.68. The Balaban J connectivity index is 2.38. The molecule has 1 aromatic rings. The lowest BCUT2D eigenvalue weighted by molar-refractivity contribution is 0.319. The number of hydrogen-bond acceptors (Lipinski definition) is 2. The molecule has 0 unspecified atom stereocenters. The van der Waals surface area contributed by atoms with Crippen LogP contribution in [0.4, 0.5) is 0 Å². The van der Waals surface area contributed by atoms with Gasteiger partial charge in [0.2, 0.25) is 0 Å². The smallest absolute Gasteiger partial charge is 0.0837 e. The SMILES string of the molecule is C/C(=N\O)c1ccc2c(c1)CCCC2. The Morgan fingerprint density at radius 1 is 1.21 bits per heavy atom. The second-order valence-electron chi connectivity index (χ2n) is 3.88. The third-order valence-electron chi connectivity index (χ3n) is 2.92. The maximum Gasteiger partial charge on any atom is 0.0837 e. The number of fused-ring (bicyclic) bond motifs is 1. The highest BCUT2D eigenvalue weighted by atomic mass is 16.4. The molecule has 0 saturated heterocycles. The fourth-order valence-corrected chi connectivity index (χ4v) is 2.02. The van der Waals surface area contributed by atoms with Crippen molar-refractivity contribution in [2.75, 3.05) is 0 Å². The van der Waals surface area contributed by atoms with Crippen LogP contribution in [-0.2, 0) is 12.8 Å². The minimum atomic E-state index is 0.693. The molecule has 0 spiro atoms. The molecule has 1 N–H and O–H groups in total. The Morgan fingerprint density at radius 2 is 1.93 bits per heavy atom. The zero-order chi connectivity index (χ0) is 9.97. The van der Waals surface area contributed by atoms with E-state index >= 15 is 0 Å². The van der Waals surface area contributed by atoms with E-state index in [1.54, 1.807) is 0 Å². The van der Waals surface area contributed by atoms with Crippen LogP contribution in [0.5, 0.6) is 0 Å². The highest BCUT2D eigenvalue weighted by Gasteiger charge is 2.10. The van der Waals surface area contributed by atoms with Crippen LogP contribution in [0.1, 0.15) is 36.5 Å². The largest absolute Gasteiger partial charge is 0.411 e. The van der Waals surface area contributed by atoms with Gasteiger partial charge in [0.1, 0.15) is 0 Å². The first-order valence-corrected chi connectivity index (χ1v) is 5.12. The molecule has 74 valence electrons. The minimum Gasteiger partial charge on any atom is -0.411 e. The average Bonchev–Trinajstić information content (AvgIpc) is 2.27. The second kappa shape index (κ2) is 3.82. The summed E-state index contributed by atoms with van der Waals surface area (Å²) in [6, 6.07) is 6.36. The molecule has 0 aliphatic heterocycles. The molecule has 14 heavy (non-hydrogen) atoms. The molecular weight excluding hydrogens is 174 g/mol. The summed E-state index contributed by atoms with van der Waals surface area (Å²) in [5, 5.41) is 11.9. The first-order valence-electron chi connectivity index (χ1n) is 5.12. The quantitative estimate of drug-likeness (QED) is 0.411. The third kappa shape index (κ3) is 1.65. The van der Waals surface area contributed by atoms with E-state index in [1.807, 2.05) is 13.0 Å². The van der Waals surface area contributed by atoms with Crippen LogP contribution in [-0.4, -0.2) is 10.9 Å². The Hall–Kier alpha value is -1.31. The Kier molecular flexibility index (Phi) is 2.53. The van der Waals surface area contributed by atoms with Crippen molar-refractivity contribution in [3.8, 4) is 0 Å². The fourth-order valence-electron chi connectivity index (χ4n) is 2.02. The van der Waals surface area contributed by atoms with Crippen LogP contribution in [0.15, 0.2) is 23.4 Å². The van der Waals surface area contributed by atoms with Crippen LogP contribution < -0.4 is 0 Å². The first-order chi connectivity index (χ1) is 6.81. The molecule has 0 bridgehead atoms. The summed E-state index contributed by atoms with van der Waals surface area (Å²) >= 11 is 0. The van der Waals surface area contributed by atoms with Crippen molar-refractivity contribution >= 4 is 5.71 Å². The molecular formula is C12H15NO. The van der Waals surface area contributed by atoms with Crippen molar-refractivity contribution in [2.24, 2.45) is 5.16 Å². The van der Waals surface area contributed by atoms with Gasteiger partial charge in [-0.1, -0.05) is 17.3 Å². The number of aryl methyl sites for hydroxylation is 2. The minimum absolute atomic E-state index is 0.693. The number of nitrogens with zero attached hydrogens (tertiary/aromatic N) is 1. The van der Waals surface area contributed by atoms with E-state index in [1.165, 1.54) is 36.8 Å². The molecule has 0 radical (unpaired) electrons. The van der Waals surface area contributed by atoms with E-state index in [0.717, 1.165) is 5.56 Å². The van der Waals surface area contributed by atoms with Gasteiger partial charge in [-0.3, -0.25) is 0 Å². The van der Waals surface area contributed by atoms with E-state index in [2.05, 4.69) is 17.3 Å². The van der Waals surface area contributed by atoms with Gasteiger partial charge in [0.25, 0.3) is 0 Å². The molecule has 2 nitrogen and oxygen atoms in total. The van der Waals surface area contributed by atoms with E-state index < -0.39 is 0 Å². The summed E-state index contributed by atoms with van der Waals surface area (Å²) in [7, 11) is 0. The monoisotopic (exact) mass is 189 g/mol. The van der Waals surface area contributed by atoms with Crippen LogP contribution >= 0.6 is 0 Å². The summed E-state index contributed by atoms with van der Waals surface area (Å²) in [5.74, 6) is 0. The predicted octanol–water partition coefficient (Wildman–Crippen LogP) is 2.76. The Bertz CT molecular complexity index is 369. The molecule has 0 fully saturated rings. The van der Waals surface area contributed by atoms with Crippen molar-refractivity contribution < 1.29 is 5.21 Å². The van der Waals surface area contributed by atoms with E-state index in [4.69, 9.17) is 5.21 Å². The second-order valence-corrected chi connectivity index (χ2v) is 3.88. The average molecular weight is 189 g/mol. The molecule has 0 heterocycles. The normalized spacial score (nSPS) is 16.5. The maximum absolute atomic E-state index is 8.68. The topological polar surface area (TPSA) is 32.6 Å². The van der Waals surface area contributed by atoms with Gasteiger partial charge in [-0.05, 0) is 55.4 Å². The third-order valence-corrected chi connectivity index (χ3v) is 2.92. The summed E-state index contributed by atoms with van der Waals surface area (Å²) < 4.78 is 0. The predicted molar refractivity (Wildman–Crippen MR) is 57.1 cm³/mol. The molecule has 0 amide bonds. The van der Waals surface area contributed by atoms with E-state index in [0.29, 0.717) is 5.71 Å². The van der Waals surface area contributed by atoms with Gasteiger partial charge < -0.3 is 5.21 Å². The zero-order valence-corrected chi connectivity index (χ0v) is 8.45. The van der Waals surface area contributed by atoms with Crippen LogP contribution in [0, 0.1) is 0 Å². The molecule has 2 rings (SSSR count). The van der Waals surface area contributed by atoms with Crippen molar-refractivity contribution in [1.82, 2.24) is 0 Å². The molecule has 2 heteroatoms. The van der Waals surface area contributed by atoms with Crippen molar-refractivity contribution in [3.05, 3.63) is 34.9 Å². The summed E-state index contributed by atoms with van der Waals surface area (Å²) in [6.45, 7) is 1.82. The van der Waals surface area contributed by atoms with Crippen molar-refractivity contribution in [1.29, 1.82) is 0 Å². The standard InChI is InChI=1S/C12H15NO/c1-9(13-14)11-7-6-10-4-2-3-5-12(10)8-11/h6-8,14H,2-5H2,1H3/b13-9+. The van der Waals surface area contributed by atoms with Crippen LogP contribution in [0.25, 0.3) is 0 Å². The zero-order valence-electron chi connectivity index (χ0n) is 8.45. The highest BCUT2D eigenvalue weighted by Crippen LogP contribution is 2.22. The lowest BCUT2D eigenvalue weighted by atomic mass is 9.90. The van der Waals surface area contributed by atoms with Gasteiger partial charge in [0.15, 0.2) is 0 Å². The van der Waals surface area contributed by atoms with Crippen LogP contribution in [0.3, 0.4) is 0 Å². The molecule has 0 aromatic heterocycles. The van der Waals surface area contributed by atoms with E-state index in [-0.39, 0.29) is 0 Å². The Morgan fingerprint density at radius 3 is 2.64 bits per heavy atom. The van der Waals surface area contributed by atoms with Gasteiger partial charge in [-0.15, -0.1) is 0 Å². The molecule has 0 atom stereocenters. The van der Waals surface area contributed by atoms with Crippen molar-refractivity contribution in [3.63, 3.8) is 0 Å². The van der Waals surface area contributed by atoms with E-state index in [9.17, 15) is 0 Å². The lowest BCUT2D eigenvalue weighted by Crippen LogP contribution is -2.05. The number of oxime groups is 1. The van der Waals surface area contributed by atoms with Crippen molar-refractivity contribution in [2.45, 2.75) is 32.6 Å². The Labute approximate surface area is 84.3 Å². The number of benzene rings is 1.